The second kappa shape index (κ2) is 8.19. The molecule has 0 saturated heterocycles. The maximum Gasteiger partial charge on any atom is 0.513 e. The molecule has 2 aromatic rings. The highest BCUT2D eigenvalue weighted by Gasteiger charge is 2.08. The van der Waals surface area contributed by atoms with Crippen LogP contribution in [-0.2, 0) is 4.74 Å². The molecule has 0 radical (unpaired) electrons. The number of hydrogen-bond donors (Lipinski definition) is 2. The molecule has 0 bridgehead atoms. The number of anilines is 2. The Morgan fingerprint density at radius 1 is 1.08 bits per heavy atom. The summed E-state index contributed by atoms with van der Waals surface area (Å²) in [5, 5.41) is 14.2. The average molecular weight is 325 g/mol. The summed E-state index contributed by atoms with van der Waals surface area (Å²) >= 11 is 0. The number of urea groups is 1. The number of hydrogen-bond acceptors (Lipinski definition) is 5. The molecule has 0 aliphatic carbocycles. The van der Waals surface area contributed by atoms with Gasteiger partial charge in [-0.25, -0.2) is 9.59 Å². The Kier molecular flexibility index (Phi) is 5.75. The Hall–Kier alpha value is -3.53. The molecule has 7 nitrogen and oxygen atoms in total. The van der Waals surface area contributed by atoms with Crippen molar-refractivity contribution in [3.8, 4) is 11.8 Å². The van der Waals surface area contributed by atoms with Gasteiger partial charge < -0.3 is 20.1 Å². The van der Waals surface area contributed by atoms with E-state index >= 15 is 0 Å². The number of nitriles is 1. The zero-order chi connectivity index (χ0) is 17.4. The van der Waals surface area contributed by atoms with Crippen LogP contribution < -0.4 is 15.4 Å². The quantitative estimate of drug-likeness (QED) is 0.659. The van der Waals surface area contributed by atoms with E-state index in [-0.39, 0.29) is 6.61 Å². The van der Waals surface area contributed by atoms with Crippen LogP contribution in [0.1, 0.15) is 12.5 Å². The van der Waals surface area contributed by atoms with Crippen LogP contribution in [0.4, 0.5) is 21.0 Å². The molecular formula is C17H15N3O4. The standard InChI is InChI=1S/C17H15N3O4/c1-2-23-17(22)24-14-9-7-13(8-10-14)19-16(21)20-15-6-4-3-5-12(15)11-18/h3-10H,2H2,1H3,(H2,19,20,21). The molecular weight excluding hydrogens is 310 g/mol. The predicted molar refractivity (Wildman–Crippen MR) is 87.9 cm³/mol. The van der Waals surface area contributed by atoms with Crippen molar-refractivity contribution in [2.75, 3.05) is 17.2 Å². The Morgan fingerprint density at radius 3 is 2.46 bits per heavy atom. The lowest BCUT2D eigenvalue weighted by Crippen LogP contribution is -2.20. The van der Waals surface area contributed by atoms with Gasteiger partial charge in [0.25, 0.3) is 0 Å². The number of nitrogens with zero attached hydrogens (tertiary/aromatic N) is 1. The van der Waals surface area contributed by atoms with E-state index in [1.165, 1.54) is 12.1 Å². The lowest BCUT2D eigenvalue weighted by Gasteiger charge is -2.09. The van der Waals surface area contributed by atoms with Crippen LogP contribution in [0.3, 0.4) is 0 Å². The summed E-state index contributed by atoms with van der Waals surface area (Å²) in [6.07, 6.45) is -0.788. The van der Waals surface area contributed by atoms with Crippen molar-refractivity contribution in [3.63, 3.8) is 0 Å². The van der Waals surface area contributed by atoms with Crippen LogP contribution in [0.25, 0.3) is 0 Å². The third-order valence-electron chi connectivity index (χ3n) is 2.87. The monoisotopic (exact) mass is 325 g/mol. The van der Waals surface area contributed by atoms with E-state index in [4.69, 9.17) is 10.00 Å². The third-order valence-corrected chi connectivity index (χ3v) is 2.87. The van der Waals surface area contributed by atoms with Gasteiger partial charge in [-0.15, -0.1) is 0 Å². The van der Waals surface area contributed by atoms with Gasteiger partial charge in [0, 0.05) is 5.69 Å². The number of nitrogens with one attached hydrogen (secondary N) is 2. The highest BCUT2D eigenvalue weighted by Crippen LogP contribution is 2.17. The van der Waals surface area contributed by atoms with Gasteiger partial charge in [-0.1, -0.05) is 12.1 Å². The minimum Gasteiger partial charge on any atom is -0.434 e. The van der Waals surface area contributed by atoms with Crippen LogP contribution >= 0.6 is 0 Å². The van der Waals surface area contributed by atoms with Gasteiger partial charge >= 0.3 is 12.2 Å². The number of ether oxygens (including phenoxy) is 2. The lowest BCUT2D eigenvalue weighted by molar-refractivity contribution is 0.104. The van der Waals surface area contributed by atoms with E-state index in [9.17, 15) is 9.59 Å². The molecule has 24 heavy (non-hydrogen) atoms. The summed E-state index contributed by atoms with van der Waals surface area (Å²) in [7, 11) is 0. The Bertz CT molecular complexity index is 766. The molecule has 0 fully saturated rings. The summed E-state index contributed by atoms with van der Waals surface area (Å²) in [6, 6.07) is 14.4. The first kappa shape index (κ1) is 16.8. The maximum atomic E-state index is 12.0. The number of carbonyl (C=O) groups excluding carboxylic acids is 2. The highest BCUT2D eigenvalue weighted by molar-refractivity contribution is 6.00. The normalized spacial score (nSPS) is 9.50. The second-order valence-electron chi connectivity index (χ2n) is 4.55. The fourth-order valence-electron chi connectivity index (χ4n) is 1.82. The largest absolute Gasteiger partial charge is 0.513 e. The van der Waals surface area contributed by atoms with Gasteiger partial charge in [0.05, 0.1) is 17.9 Å². The minimum absolute atomic E-state index is 0.225. The lowest BCUT2D eigenvalue weighted by atomic mass is 10.2. The number of rotatable bonds is 4. The first-order chi connectivity index (χ1) is 11.6. The molecule has 0 aromatic heterocycles. The van der Waals surface area contributed by atoms with Crippen molar-refractivity contribution in [1.82, 2.24) is 0 Å². The Morgan fingerprint density at radius 2 is 1.79 bits per heavy atom. The zero-order valence-corrected chi connectivity index (χ0v) is 12.9. The molecule has 0 saturated carbocycles. The summed E-state index contributed by atoms with van der Waals surface area (Å²) in [5.41, 5.74) is 1.28. The van der Waals surface area contributed by atoms with Crippen LogP contribution in [0.5, 0.6) is 5.75 Å². The van der Waals surface area contributed by atoms with Gasteiger partial charge in [0.2, 0.25) is 0 Å². The van der Waals surface area contributed by atoms with E-state index in [0.717, 1.165) is 0 Å². The molecule has 2 rings (SSSR count). The van der Waals surface area contributed by atoms with Gasteiger partial charge in [0.15, 0.2) is 0 Å². The van der Waals surface area contributed by atoms with Crippen LogP contribution in [0, 0.1) is 11.3 Å². The van der Waals surface area contributed by atoms with Crippen molar-refractivity contribution in [3.05, 3.63) is 54.1 Å². The topological polar surface area (TPSA) is 100 Å². The van der Waals surface area contributed by atoms with Crippen molar-refractivity contribution in [2.45, 2.75) is 6.92 Å². The molecule has 0 spiro atoms. The van der Waals surface area contributed by atoms with Crippen LogP contribution in [0.2, 0.25) is 0 Å². The average Bonchev–Trinajstić information content (AvgIpc) is 2.57. The third kappa shape index (κ3) is 4.74. The highest BCUT2D eigenvalue weighted by atomic mass is 16.7. The molecule has 122 valence electrons. The van der Waals surface area contributed by atoms with Gasteiger partial charge in [-0.2, -0.15) is 5.26 Å². The molecule has 2 aromatic carbocycles. The predicted octanol–water partition coefficient (Wildman–Crippen LogP) is 3.74. The second-order valence-corrected chi connectivity index (χ2v) is 4.55. The fraction of sp³-hybridized carbons (Fsp3) is 0.118. The molecule has 0 heterocycles. The molecule has 7 heteroatoms. The Labute approximate surface area is 138 Å². The van der Waals surface area contributed by atoms with Gasteiger partial charge in [0.1, 0.15) is 11.8 Å². The molecule has 0 aliphatic heterocycles. The summed E-state index contributed by atoms with van der Waals surface area (Å²) < 4.78 is 9.58. The molecule has 0 atom stereocenters. The smallest absolute Gasteiger partial charge is 0.434 e. The van der Waals surface area contributed by atoms with E-state index in [0.29, 0.717) is 22.7 Å². The van der Waals surface area contributed by atoms with E-state index in [1.807, 2.05) is 6.07 Å². The summed E-state index contributed by atoms with van der Waals surface area (Å²) in [6.45, 7) is 1.90. The number of carbonyl (C=O) groups is 2. The number of benzene rings is 2. The van der Waals surface area contributed by atoms with Crippen molar-refractivity contribution in [1.29, 1.82) is 5.26 Å². The number of para-hydroxylation sites is 1. The SMILES string of the molecule is CCOC(=O)Oc1ccc(NC(=O)Nc2ccccc2C#N)cc1. The van der Waals surface area contributed by atoms with Gasteiger partial charge in [-0.05, 0) is 43.3 Å². The van der Waals surface area contributed by atoms with E-state index < -0.39 is 12.2 Å². The molecule has 2 amide bonds. The first-order valence-electron chi connectivity index (χ1n) is 7.14. The van der Waals surface area contributed by atoms with Crippen LogP contribution in [0.15, 0.2) is 48.5 Å². The molecule has 0 aliphatic rings. The fourth-order valence-corrected chi connectivity index (χ4v) is 1.82. The van der Waals surface area contributed by atoms with E-state index in [2.05, 4.69) is 15.4 Å². The molecule has 2 N–H and O–H groups in total. The van der Waals surface area contributed by atoms with Crippen LogP contribution in [-0.4, -0.2) is 18.8 Å². The van der Waals surface area contributed by atoms with Gasteiger partial charge in [-0.3, -0.25) is 0 Å². The summed E-state index contributed by atoms with van der Waals surface area (Å²) in [4.78, 5) is 23.1. The maximum absolute atomic E-state index is 12.0. The van der Waals surface area contributed by atoms with Crippen molar-refractivity contribution in [2.24, 2.45) is 0 Å². The van der Waals surface area contributed by atoms with E-state index in [1.54, 1.807) is 43.3 Å². The minimum atomic E-state index is -0.788. The molecule has 0 unspecified atom stereocenters. The first-order valence-corrected chi connectivity index (χ1v) is 7.14. The summed E-state index contributed by atoms with van der Waals surface area (Å²) in [5.74, 6) is 0.300. The van der Waals surface area contributed by atoms with Crippen molar-refractivity contribution >= 4 is 23.6 Å². The van der Waals surface area contributed by atoms with Crippen molar-refractivity contribution < 1.29 is 19.1 Å². The Balaban J connectivity index is 1.95. The number of amides is 2. The zero-order valence-electron chi connectivity index (χ0n) is 12.9.